The minimum atomic E-state index is -3.89. The molecule has 2 heterocycles. The third-order valence-corrected chi connectivity index (χ3v) is 9.24. The Morgan fingerprint density at radius 2 is 1.81 bits per heavy atom. The van der Waals surface area contributed by atoms with Crippen molar-refractivity contribution in [2.75, 3.05) is 0 Å². The maximum atomic E-state index is 13.2. The number of sulfonamides is 2. The number of H-pyrrole nitrogens is 1. The summed E-state index contributed by atoms with van der Waals surface area (Å²) in [6.45, 7) is 1.77. The van der Waals surface area contributed by atoms with Gasteiger partial charge in [0.1, 0.15) is 11.1 Å². The van der Waals surface area contributed by atoms with Crippen molar-refractivity contribution in [1.29, 1.82) is 0 Å². The average Bonchev–Trinajstić information content (AvgIpc) is 3.38. The zero-order valence-corrected chi connectivity index (χ0v) is 20.9. The zero-order chi connectivity index (χ0) is 25.5. The number of fused-ring (bicyclic) bond motifs is 1. The lowest BCUT2D eigenvalue weighted by molar-refractivity contribution is -0.217. The lowest BCUT2D eigenvalue weighted by Crippen LogP contribution is -2.31. The molecule has 2 N–H and O–H groups in total. The molecular weight excluding hydrogens is 500 g/mol. The lowest BCUT2D eigenvalue weighted by atomic mass is 9.97. The monoisotopic (exact) mass is 523 g/mol. The van der Waals surface area contributed by atoms with Crippen molar-refractivity contribution in [3.63, 3.8) is 0 Å². The predicted octanol–water partition coefficient (Wildman–Crippen LogP) is 2.67. The van der Waals surface area contributed by atoms with E-state index in [-0.39, 0.29) is 17.7 Å². The summed E-state index contributed by atoms with van der Waals surface area (Å²) < 4.78 is 56.9. The molecule has 0 spiro atoms. The van der Waals surface area contributed by atoms with Gasteiger partial charge in [0.2, 0.25) is 10.0 Å². The predicted molar refractivity (Wildman–Crippen MR) is 134 cm³/mol. The van der Waals surface area contributed by atoms with E-state index in [1.165, 1.54) is 12.1 Å². The fourth-order valence-electron chi connectivity index (χ4n) is 4.43. The summed E-state index contributed by atoms with van der Waals surface area (Å²) >= 11 is 0. The van der Waals surface area contributed by atoms with Crippen LogP contribution >= 0.6 is 0 Å². The van der Waals surface area contributed by atoms with Crippen molar-refractivity contribution in [2.45, 2.75) is 36.0 Å². The van der Waals surface area contributed by atoms with Gasteiger partial charge in [0.25, 0.3) is 10.0 Å². The number of rotatable bonds is 7. The van der Waals surface area contributed by atoms with Gasteiger partial charge in [0, 0.05) is 0 Å². The summed E-state index contributed by atoms with van der Waals surface area (Å²) in [7, 11) is -7.75. The Kier molecular flexibility index (Phi) is 6.15. The second-order valence-electron chi connectivity index (χ2n) is 8.71. The summed E-state index contributed by atoms with van der Waals surface area (Å²) in [6.07, 6.45) is 0.0781. The number of aryl methyl sites for hydroxylation is 1. The molecule has 36 heavy (non-hydrogen) atoms. The normalized spacial score (nSPS) is 18.2. The molecule has 0 unspecified atom stereocenters. The summed E-state index contributed by atoms with van der Waals surface area (Å²) in [4.78, 5) is 7.95. The van der Waals surface area contributed by atoms with Gasteiger partial charge in [-0.25, -0.2) is 26.5 Å². The van der Waals surface area contributed by atoms with Gasteiger partial charge in [0.15, 0.2) is 0 Å². The van der Waals surface area contributed by atoms with Gasteiger partial charge < -0.3 is 10.1 Å². The number of aromatic nitrogens is 2. The summed E-state index contributed by atoms with van der Waals surface area (Å²) in [5, 5.41) is 10.6. The van der Waals surface area contributed by atoms with Crippen LogP contribution in [0.5, 0.6) is 0 Å². The second kappa shape index (κ2) is 9.16. The molecule has 0 saturated heterocycles. The van der Waals surface area contributed by atoms with Crippen molar-refractivity contribution in [1.82, 2.24) is 14.7 Å². The van der Waals surface area contributed by atoms with Crippen LogP contribution in [0, 0.1) is 6.92 Å². The molecule has 0 bridgehead atoms. The van der Waals surface area contributed by atoms with E-state index in [9.17, 15) is 21.9 Å². The zero-order valence-electron chi connectivity index (χ0n) is 19.2. The van der Waals surface area contributed by atoms with Crippen LogP contribution in [0.4, 0.5) is 0 Å². The Morgan fingerprint density at radius 3 is 2.47 bits per heavy atom. The first-order valence-corrected chi connectivity index (χ1v) is 14.2. The van der Waals surface area contributed by atoms with E-state index in [0.717, 1.165) is 11.1 Å². The first kappa shape index (κ1) is 24.2. The third-order valence-electron chi connectivity index (χ3n) is 6.16. The molecule has 4 aromatic rings. The van der Waals surface area contributed by atoms with E-state index in [2.05, 4.69) is 19.1 Å². The highest BCUT2D eigenvalue weighted by Crippen LogP contribution is 2.35. The fraction of sp³-hybridized carbons (Fsp3) is 0.200. The molecule has 1 aromatic heterocycles. The Bertz CT molecular complexity index is 1650. The number of hydrogen-bond donors (Lipinski definition) is 2. The molecule has 0 fully saturated rings. The van der Waals surface area contributed by atoms with Crippen LogP contribution in [0.2, 0.25) is 0 Å². The summed E-state index contributed by atoms with van der Waals surface area (Å²) in [6, 6.07) is 20.0. The Hall–Kier alpha value is -3.54. The molecule has 186 valence electrons. The van der Waals surface area contributed by atoms with E-state index < -0.39 is 37.2 Å². The van der Waals surface area contributed by atoms with Crippen LogP contribution in [-0.2, 0) is 26.5 Å². The van der Waals surface area contributed by atoms with Gasteiger partial charge in [-0.05, 0) is 66.6 Å². The maximum absolute atomic E-state index is 13.2. The first-order valence-electron chi connectivity index (χ1n) is 11.2. The highest BCUT2D eigenvalue weighted by atomic mass is 32.2. The third kappa shape index (κ3) is 4.77. The van der Waals surface area contributed by atoms with Gasteiger partial charge in [-0.15, -0.1) is 0 Å². The van der Waals surface area contributed by atoms with Gasteiger partial charge in [-0.3, -0.25) is 0 Å². The largest absolute Gasteiger partial charge is 0.861 e. The van der Waals surface area contributed by atoms with Crippen molar-refractivity contribution in [3.05, 3.63) is 95.3 Å². The Balaban J connectivity index is 1.49. The van der Waals surface area contributed by atoms with Crippen molar-refractivity contribution in [2.24, 2.45) is 4.40 Å². The molecule has 0 radical (unpaired) electrons. The molecule has 1 aliphatic rings. The molecule has 0 aliphatic carbocycles. The van der Waals surface area contributed by atoms with Gasteiger partial charge in [-0.2, -0.15) is 4.40 Å². The van der Waals surface area contributed by atoms with Gasteiger partial charge in [0.05, 0.1) is 22.0 Å². The number of para-hydroxylation sites is 2. The van der Waals surface area contributed by atoms with Crippen molar-refractivity contribution >= 4 is 37.0 Å². The van der Waals surface area contributed by atoms with Crippen molar-refractivity contribution in [3.8, 4) is 0 Å². The topological polar surface area (TPSA) is 144 Å². The van der Waals surface area contributed by atoms with Crippen LogP contribution < -0.4 is 9.83 Å². The van der Waals surface area contributed by atoms with Crippen molar-refractivity contribution < 1.29 is 21.9 Å². The smallest absolute Gasteiger partial charge is 0.259 e. The van der Waals surface area contributed by atoms with Gasteiger partial charge in [-0.1, -0.05) is 48.5 Å². The van der Waals surface area contributed by atoms with E-state index in [1.807, 2.05) is 24.3 Å². The highest BCUT2D eigenvalue weighted by molar-refractivity contribution is 7.91. The minimum Gasteiger partial charge on any atom is -0.861 e. The van der Waals surface area contributed by atoms with Crippen LogP contribution in [0.1, 0.15) is 40.2 Å². The van der Waals surface area contributed by atoms with Gasteiger partial charge >= 0.3 is 0 Å². The molecule has 0 amide bonds. The molecule has 0 saturated carbocycles. The quantitative estimate of drug-likeness (QED) is 0.381. The van der Waals surface area contributed by atoms with Crippen LogP contribution in [0.15, 0.2) is 82.1 Å². The Morgan fingerprint density at radius 1 is 1.08 bits per heavy atom. The SMILES string of the molecule is Cc1cc(C[C@H](NS(=O)(=O)c2ccccc2)c2nc3ccccc3[nH]2)ccc1[C@H]1CC([O-])=NS1(=O)=O. The Labute approximate surface area is 209 Å². The summed E-state index contributed by atoms with van der Waals surface area (Å²) in [5.74, 6) is -0.191. The fourth-order valence-corrected chi connectivity index (χ4v) is 7.07. The molecule has 11 heteroatoms. The molecule has 1 aliphatic heterocycles. The number of nitrogens with one attached hydrogen (secondary N) is 2. The molecule has 2 atom stereocenters. The maximum Gasteiger partial charge on any atom is 0.259 e. The molecule has 5 rings (SSSR count). The van der Waals surface area contributed by atoms with Crippen LogP contribution in [0.3, 0.4) is 0 Å². The lowest BCUT2D eigenvalue weighted by Gasteiger charge is -2.19. The molecule has 3 aromatic carbocycles. The second-order valence-corrected chi connectivity index (χ2v) is 12.2. The number of aromatic amines is 1. The number of hydrogen-bond acceptors (Lipinski definition) is 6. The van der Waals surface area contributed by atoms with E-state index >= 15 is 0 Å². The molecule has 9 nitrogen and oxygen atoms in total. The minimum absolute atomic E-state index is 0.137. The van der Waals surface area contributed by atoms with E-state index in [0.29, 0.717) is 22.5 Å². The average molecular weight is 524 g/mol. The van der Waals surface area contributed by atoms with E-state index in [1.54, 1.807) is 43.3 Å². The highest BCUT2D eigenvalue weighted by Gasteiger charge is 2.33. The standard InChI is InChI=1S/C25H24N4O5S2/c1-16-13-17(11-12-19(16)23-15-24(30)29-36(23,33)34)14-22(25-26-20-9-5-6-10-21(20)27-25)28-35(31,32)18-7-3-2-4-8-18/h2-13,22-23,28H,14-15H2,1H3,(H,26,27)(H,29,30)/p-1/t22-,23+/m0/s1. The van der Waals surface area contributed by atoms with E-state index in [4.69, 9.17) is 0 Å². The number of imidazole rings is 1. The number of benzene rings is 3. The summed E-state index contributed by atoms with van der Waals surface area (Å²) in [5.41, 5.74) is 3.46. The number of nitrogens with zero attached hydrogens (tertiary/aromatic N) is 2. The molecular formula is C25H23N4O5S2-. The van der Waals surface area contributed by atoms with Crippen LogP contribution in [0.25, 0.3) is 11.0 Å². The van der Waals surface area contributed by atoms with Crippen LogP contribution in [-0.4, -0.2) is 32.7 Å². The first-order chi connectivity index (χ1) is 17.1.